The molecule has 0 bridgehead atoms. The number of hydrogen-bond acceptors (Lipinski definition) is 2. The molecule has 5 nitrogen and oxygen atoms in total. The number of aromatic carboxylic acids is 1. The molecule has 1 heterocycles. The molecule has 1 aromatic heterocycles. The van der Waals surface area contributed by atoms with Crippen LogP contribution < -0.4 is 5.69 Å². The lowest BCUT2D eigenvalue weighted by molar-refractivity contribution is 0.0697. The third-order valence-electron chi connectivity index (χ3n) is 3.74. The molecule has 3 rings (SSSR count). The van der Waals surface area contributed by atoms with Crippen molar-refractivity contribution < 1.29 is 9.90 Å². The molecule has 1 saturated carbocycles. The number of carboxylic acid groups (broad SMARTS) is 1. The lowest BCUT2D eigenvalue weighted by atomic mass is 10.1. The molecule has 0 amide bonds. The van der Waals surface area contributed by atoms with Crippen LogP contribution in [0.25, 0.3) is 0 Å². The summed E-state index contributed by atoms with van der Waals surface area (Å²) in [7, 11) is 0. The van der Waals surface area contributed by atoms with Gasteiger partial charge in [-0.3, -0.25) is 9.13 Å². The second-order valence-corrected chi connectivity index (χ2v) is 5.29. The molecule has 0 atom stereocenters. The average molecular weight is 272 g/mol. The molecule has 0 radical (unpaired) electrons. The topological polar surface area (TPSA) is 64.2 Å². The molecule has 0 aliphatic heterocycles. The van der Waals surface area contributed by atoms with Gasteiger partial charge in [-0.15, -0.1) is 0 Å². The fourth-order valence-electron chi connectivity index (χ4n) is 2.37. The molecule has 1 N–H and O–H groups in total. The summed E-state index contributed by atoms with van der Waals surface area (Å²) in [4.78, 5) is 23.1. The molecule has 0 unspecified atom stereocenters. The normalized spacial score (nSPS) is 14.4. The van der Waals surface area contributed by atoms with Crippen molar-refractivity contribution in [3.63, 3.8) is 0 Å². The Hall–Kier alpha value is -2.30. The Labute approximate surface area is 116 Å². The maximum Gasteiger partial charge on any atom is 0.335 e. The smallest absolute Gasteiger partial charge is 0.335 e. The van der Waals surface area contributed by atoms with Crippen LogP contribution in [0.15, 0.2) is 35.4 Å². The molecule has 5 heteroatoms. The molecule has 1 aromatic carbocycles. The summed E-state index contributed by atoms with van der Waals surface area (Å²) in [5.41, 5.74) is 2.13. The average Bonchev–Trinajstić information content (AvgIpc) is 3.18. The van der Waals surface area contributed by atoms with E-state index in [-0.39, 0.29) is 11.3 Å². The Balaban J connectivity index is 1.87. The van der Waals surface area contributed by atoms with E-state index in [4.69, 9.17) is 5.11 Å². The predicted octanol–water partition coefficient (Wildman–Crippen LogP) is 2.04. The highest BCUT2D eigenvalue weighted by molar-refractivity contribution is 5.87. The van der Waals surface area contributed by atoms with E-state index in [1.165, 1.54) is 0 Å². The summed E-state index contributed by atoms with van der Waals surface area (Å²) in [5, 5.41) is 8.95. The van der Waals surface area contributed by atoms with Crippen molar-refractivity contribution in [1.82, 2.24) is 9.13 Å². The molecule has 0 spiro atoms. The van der Waals surface area contributed by atoms with Gasteiger partial charge in [0.15, 0.2) is 0 Å². The number of hydrogen-bond donors (Lipinski definition) is 1. The van der Waals surface area contributed by atoms with Crippen molar-refractivity contribution >= 4 is 5.97 Å². The van der Waals surface area contributed by atoms with Crippen molar-refractivity contribution in [2.45, 2.75) is 32.4 Å². The SMILES string of the molecule is Cc1cc(C(=O)O)ccc1Cn1ccn(C2CC2)c1=O. The van der Waals surface area contributed by atoms with Gasteiger partial charge in [0.1, 0.15) is 0 Å². The summed E-state index contributed by atoms with van der Waals surface area (Å²) in [5.74, 6) is -0.934. The first-order valence-corrected chi connectivity index (χ1v) is 6.66. The molecule has 104 valence electrons. The van der Waals surface area contributed by atoms with Gasteiger partial charge in [0.25, 0.3) is 0 Å². The number of aromatic nitrogens is 2. The monoisotopic (exact) mass is 272 g/mol. The van der Waals surface area contributed by atoms with Gasteiger partial charge in [0, 0.05) is 18.4 Å². The van der Waals surface area contributed by atoms with Crippen molar-refractivity contribution in [1.29, 1.82) is 0 Å². The lowest BCUT2D eigenvalue weighted by Crippen LogP contribution is -2.24. The number of carbonyl (C=O) groups is 1. The van der Waals surface area contributed by atoms with Crippen molar-refractivity contribution in [2.24, 2.45) is 0 Å². The van der Waals surface area contributed by atoms with Gasteiger partial charge in [-0.2, -0.15) is 0 Å². The largest absolute Gasteiger partial charge is 0.478 e. The minimum absolute atomic E-state index is 0.00853. The van der Waals surface area contributed by atoms with E-state index in [2.05, 4.69) is 0 Å². The number of carboxylic acids is 1. The summed E-state index contributed by atoms with van der Waals surface area (Å²) < 4.78 is 3.45. The minimum atomic E-state index is -0.934. The quantitative estimate of drug-likeness (QED) is 0.926. The van der Waals surface area contributed by atoms with Crippen LogP contribution in [0.2, 0.25) is 0 Å². The highest BCUT2D eigenvalue weighted by Crippen LogP contribution is 2.33. The van der Waals surface area contributed by atoms with Gasteiger partial charge < -0.3 is 5.11 Å². The van der Waals surface area contributed by atoms with Gasteiger partial charge in [0.05, 0.1) is 12.1 Å². The van der Waals surface area contributed by atoms with Crippen molar-refractivity contribution in [3.8, 4) is 0 Å². The summed E-state index contributed by atoms with van der Waals surface area (Å²) >= 11 is 0. The van der Waals surface area contributed by atoms with Crippen LogP contribution in [-0.4, -0.2) is 20.2 Å². The van der Waals surface area contributed by atoms with Crippen LogP contribution in [0.4, 0.5) is 0 Å². The van der Waals surface area contributed by atoms with Crippen LogP contribution in [0, 0.1) is 6.92 Å². The maximum atomic E-state index is 12.2. The third kappa shape index (κ3) is 2.27. The van der Waals surface area contributed by atoms with Crippen LogP contribution in [0.5, 0.6) is 0 Å². The molecule has 0 saturated heterocycles. The van der Waals surface area contributed by atoms with Crippen LogP contribution >= 0.6 is 0 Å². The number of benzene rings is 1. The van der Waals surface area contributed by atoms with Crippen LogP contribution in [0.1, 0.15) is 40.4 Å². The first kappa shape index (κ1) is 12.7. The molecule has 1 aliphatic carbocycles. The van der Waals surface area contributed by atoms with Crippen LogP contribution in [-0.2, 0) is 6.54 Å². The number of nitrogens with zero attached hydrogens (tertiary/aromatic N) is 2. The number of imidazole rings is 1. The van der Waals surface area contributed by atoms with E-state index in [9.17, 15) is 9.59 Å². The highest BCUT2D eigenvalue weighted by Gasteiger charge is 2.25. The standard InChI is InChI=1S/C15H16N2O3/c1-10-8-11(14(18)19)2-3-12(10)9-16-6-7-17(15(16)20)13-4-5-13/h2-3,6-8,13H,4-5,9H2,1H3,(H,18,19). The van der Waals surface area contributed by atoms with E-state index in [1.54, 1.807) is 33.5 Å². The van der Waals surface area contributed by atoms with Crippen molar-refractivity contribution in [3.05, 3.63) is 57.8 Å². The van der Waals surface area contributed by atoms with E-state index < -0.39 is 5.97 Å². The Bertz CT molecular complexity index is 723. The Kier molecular flexibility index (Phi) is 2.97. The fraction of sp³-hybridized carbons (Fsp3) is 0.333. The Morgan fingerprint density at radius 2 is 2.10 bits per heavy atom. The molecule has 20 heavy (non-hydrogen) atoms. The summed E-state index contributed by atoms with van der Waals surface area (Å²) in [6.45, 7) is 2.34. The predicted molar refractivity (Wildman–Crippen MR) is 74.2 cm³/mol. The first-order chi connectivity index (χ1) is 9.56. The zero-order chi connectivity index (χ0) is 14.3. The summed E-state index contributed by atoms with van der Waals surface area (Å²) in [6.07, 6.45) is 5.79. The van der Waals surface area contributed by atoms with Gasteiger partial charge in [0.2, 0.25) is 0 Å². The second kappa shape index (κ2) is 4.67. The maximum absolute atomic E-state index is 12.2. The van der Waals surface area contributed by atoms with E-state index >= 15 is 0 Å². The Morgan fingerprint density at radius 1 is 1.35 bits per heavy atom. The summed E-state index contributed by atoms with van der Waals surface area (Å²) in [6, 6.07) is 5.37. The minimum Gasteiger partial charge on any atom is -0.478 e. The fourth-order valence-corrected chi connectivity index (χ4v) is 2.37. The number of aryl methyl sites for hydroxylation is 1. The molecular weight excluding hydrogens is 256 g/mol. The molecule has 1 fully saturated rings. The highest BCUT2D eigenvalue weighted by atomic mass is 16.4. The van der Waals surface area contributed by atoms with Crippen LogP contribution in [0.3, 0.4) is 0 Å². The lowest BCUT2D eigenvalue weighted by Gasteiger charge is -2.07. The van der Waals surface area contributed by atoms with E-state index in [0.29, 0.717) is 12.6 Å². The Morgan fingerprint density at radius 3 is 2.70 bits per heavy atom. The van der Waals surface area contributed by atoms with Gasteiger partial charge in [-0.1, -0.05) is 6.07 Å². The molecule has 2 aromatic rings. The molecule has 1 aliphatic rings. The van der Waals surface area contributed by atoms with Gasteiger partial charge in [-0.05, 0) is 43.0 Å². The van der Waals surface area contributed by atoms with E-state index in [1.807, 2.05) is 13.1 Å². The van der Waals surface area contributed by atoms with Crippen molar-refractivity contribution in [2.75, 3.05) is 0 Å². The van der Waals surface area contributed by atoms with E-state index in [0.717, 1.165) is 24.0 Å². The molecular formula is C15H16N2O3. The zero-order valence-corrected chi connectivity index (χ0v) is 11.2. The van der Waals surface area contributed by atoms with Gasteiger partial charge >= 0.3 is 11.7 Å². The van der Waals surface area contributed by atoms with Gasteiger partial charge in [-0.25, -0.2) is 9.59 Å². The first-order valence-electron chi connectivity index (χ1n) is 6.66. The second-order valence-electron chi connectivity index (χ2n) is 5.29. The number of rotatable bonds is 4. The third-order valence-corrected chi connectivity index (χ3v) is 3.74. The zero-order valence-electron chi connectivity index (χ0n) is 11.2.